The van der Waals surface area contributed by atoms with E-state index < -0.39 is 0 Å². The first-order chi connectivity index (χ1) is 9.56. The van der Waals surface area contributed by atoms with Gasteiger partial charge in [0.25, 0.3) is 0 Å². The molecule has 1 saturated heterocycles. The smallest absolute Gasteiger partial charge is 0.150 e. The Morgan fingerprint density at radius 1 is 1.15 bits per heavy atom. The summed E-state index contributed by atoms with van der Waals surface area (Å²) in [5.74, 6) is 0. The van der Waals surface area contributed by atoms with E-state index in [2.05, 4.69) is 36.6 Å². The van der Waals surface area contributed by atoms with Gasteiger partial charge in [0, 0.05) is 43.5 Å². The number of nitrogens with zero attached hydrogens (tertiary/aromatic N) is 2. The number of rotatable bonds is 4. The molecular weight excluding hydrogens is 248 g/mol. The van der Waals surface area contributed by atoms with Crippen molar-refractivity contribution in [2.75, 3.05) is 31.1 Å². The standard InChI is InChI=1S/C17H26N2O/c1-5-15(4)18-6-8-19(9-7-18)17-11-13(2)16(12-20)10-14(17)3/h10-12,15H,5-9H2,1-4H3. The highest BCUT2D eigenvalue weighted by Gasteiger charge is 2.21. The van der Waals surface area contributed by atoms with Crippen molar-refractivity contribution in [2.45, 2.75) is 40.2 Å². The second kappa shape index (κ2) is 6.40. The van der Waals surface area contributed by atoms with Crippen LogP contribution in [0, 0.1) is 13.8 Å². The zero-order chi connectivity index (χ0) is 14.7. The van der Waals surface area contributed by atoms with Gasteiger partial charge in [0.15, 0.2) is 0 Å². The molecule has 1 aliphatic rings. The number of benzene rings is 1. The van der Waals surface area contributed by atoms with Gasteiger partial charge < -0.3 is 4.90 Å². The number of carbonyl (C=O) groups is 1. The summed E-state index contributed by atoms with van der Waals surface area (Å²) in [5.41, 5.74) is 4.38. The van der Waals surface area contributed by atoms with E-state index in [1.165, 1.54) is 17.7 Å². The minimum absolute atomic E-state index is 0.678. The molecule has 3 nitrogen and oxygen atoms in total. The van der Waals surface area contributed by atoms with Gasteiger partial charge in [-0.3, -0.25) is 9.69 Å². The Labute approximate surface area is 122 Å². The number of hydrogen-bond donors (Lipinski definition) is 0. The summed E-state index contributed by atoms with van der Waals surface area (Å²) in [5, 5.41) is 0. The van der Waals surface area contributed by atoms with Gasteiger partial charge in [0.2, 0.25) is 0 Å². The SMILES string of the molecule is CCC(C)N1CCN(c2cc(C)c(C=O)cc2C)CC1. The topological polar surface area (TPSA) is 23.6 Å². The summed E-state index contributed by atoms with van der Waals surface area (Å²) in [4.78, 5) is 16.0. The summed E-state index contributed by atoms with van der Waals surface area (Å²) >= 11 is 0. The first kappa shape index (κ1) is 15.0. The van der Waals surface area contributed by atoms with E-state index in [4.69, 9.17) is 0 Å². The molecule has 1 aromatic carbocycles. The van der Waals surface area contributed by atoms with Gasteiger partial charge in [-0.05, 0) is 50.5 Å². The summed E-state index contributed by atoms with van der Waals surface area (Å²) in [6.07, 6.45) is 2.17. The average Bonchev–Trinajstić information content (AvgIpc) is 2.48. The summed E-state index contributed by atoms with van der Waals surface area (Å²) in [6, 6.07) is 4.86. The van der Waals surface area contributed by atoms with Crippen LogP contribution in [0.15, 0.2) is 12.1 Å². The zero-order valence-electron chi connectivity index (χ0n) is 13.1. The van der Waals surface area contributed by atoms with Crippen molar-refractivity contribution >= 4 is 12.0 Å². The van der Waals surface area contributed by atoms with Gasteiger partial charge in [-0.1, -0.05) is 6.92 Å². The maximum Gasteiger partial charge on any atom is 0.150 e. The molecule has 110 valence electrons. The quantitative estimate of drug-likeness (QED) is 0.789. The van der Waals surface area contributed by atoms with Crippen LogP contribution in [0.3, 0.4) is 0 Å². The Bertz CT molecular complexity index is 476. The molecule has 0 saturated carbocycles. The molecule has 20 heavy (non-hydrogen) atoms. The third-order valence-corrected chi connectivity index (χ3v) is 4.58. The summed E-state index contributed by atoms with van der Waals surface area (Å²) in [6.45, 7) is 13.1. The molecule has 0 bridgehead atoms. The Hall–Kier alpha value is -1.35. The fourth-order valence-electron chi connectivity index (χ4n) is 2.95. The van der Waals surface area contributed by atoms with Crippen LogP contribution >= 0.6 is 0 Å². The molecule has 0 N–H and O–H groups in total. The van der Waals surface area contributed by atoms with E-state index >= 15 is 0 Å². The predicted octanol–water partition coefficient (Wildman–Crippen LogP) is 3.04. The van der Waals surface area contributed by atoms with Gasteiger partial charge >= 0.3 is 0 Å². The molecule has 0 radical (unpaired) electrons. The van der Waals surface area contributed by atoms with Crippen molar-refractivity contribution in [1.82, 2.24) is 4.90 Å². The number of hydrogen-bond acceptors (Lipinski definition) is 3. The molecular formula is C17H26N2O. The van der Waals surface area contributed by atoms with Crippen LogP contribution in [0.25, 0.3) is 0 Å². The van der Waals surface area contributed by atoms with Gasteiger partial charge in [0.1, 0.15) is 6.29 Å². The maximum atomic E-state index is 11.0. The third kappa shape index (κ3) is 3.04. The van der Waals surface area contributed by atoms with E-state index in [9.17, 15) is 4.79 Å². The molecule has 0 spiro atoms. The fourth-order valence-corrected chi connectivity index (χ4v) is 2.95. The molecule has 0 amide bonds. The van der Waals surface area contributed by atoms with Crippen LogP contribution < -0.4 is 4.90 Å². The van der Waals surface area contributed by atoms with Crippen molar-refractivity contribution in [3.63, 3.8) is 0 Å². The highest BCUT2D eigenvalue weighted by Crippen LogP contribution is 2.25. The lowest BCUT2D eigenvalue weighted by molar-refractivity contribution is 0.112. The molecule has 1 unspecified atom stereocenters. The first-order valence-electron chi connectivity index (χ1n) is 7.62. The Morgan fingerprint density at radius 2 is 1.80 bits per heavy atom. The number of aryl methyl sites for hydroxylation is 2. The minimum Gasteiger partial charge on any atom is -0.369 e. The molecule has 1 aliphatic heterocycles. The van der Waals surface area contributed by atoms with Crippen molar-refractivity contribution in [3.8, 4) is 0 Å². The van der Waals surface area contributed by atoms with E-state index in [0.717, 1.165) is 43.6 Å². The highest BCUT2D eigenvalue weighted by molar-refractivity contribution is 5.79. The van der Waals surface area contributed by atoms with E-state index in [1.54, 1.807) is 0 Å². The number of anilines is 1. The lowest BCUT2D eigenvalue weighted by Gasteiger charge is -2.39. The highest BCUT2D eigenvalue weighted by atomic mass is 16.1. The molecule has 1 atom stereocenters. The van der Waals surface area contributed by atoms with Crippen LogP contribution in [0.1, 0.15) is 41.8 Å². The van der Waals surface area contributed by atoms with Crippen molar-refractivity contribution in [2.24, 2.45) is 0 Å². The van der Waals surface area contributed by atoms with Gasteiger partial charge in [-0.2, -0.15) is 0 Å². The predicted molar refractivity (Wildman–Crippen MR) is 84.8 cm³/mol. The van der Waals surface area contributed by atoms with Crippen LogP contribution in [-0.2, 0) is 0 Å². The number of carbonyl (C=O) groups excluding carboxylic acids is 1. The van der Waals surface area contributed by atoms with Gasteiger partial charge in [-0.25, -0.2) is 0 Å². The van der Waals surface area contributed by atoms with Gasteiger partial charge in [0.05, 0.1) is 0 Å². The average molecular weight is 274 g/mol. The van der Waals surface area contributed by atoms with E-state index in [-0.39, 0.29) is 0 Å². The van der Waals surface area contributed by atoms with E-state index in [1.807, 2.05) is 13.0 Å². The third-order valence-electron chi connectivity index (χ3n) is 4.58. The van der Waals surface area contributed by atoms with Crippen LogP contribution in [0.5, 0.6) is 0 Å². The Morgan fingerprint density at radius 3 is 2.35 bits per heavy atom. The normalized spacial score (nSPS) is 18.1. The van der Waals surface area contributed by atoms with Gasteiger partial charge in [-0.15, -0.1) is 0 Å². The molecule has 1 fully saturated rings. The maximum absolute atomic E-state index is 11.0. The molecule has 2 rings (SSSR count). The number of piperazine rings is 1. The van der Waals surface area contributed by atoms with Crippen molar-refractivity contribution in [3.05, 3.63) is 28.8 Å². The monoisotopic (exact) mass is 274 g/mol. The summed E-state index contributed by atoms with van der Waals surface area (Å²) in [7, 11) is 0. The molecule has 0 aliphatic carbocycles. The first-order valence-corrected chi connectivity index (χ1v) is 7.62. The second-order valence-electron chi connectivity index (χ2n) is 5.89. The zero-order valence-corrected chi connectivity index (χ0v) is 13.1. The van der Waals surface area contributed by atoms with Crippen LogP contribution in [0.4, 0.5) is 5.69 Å². The lowest BCUT2D eigenvalue weighted by Crippen LogP contribution is -2.49. The fraction of sp³-hybridized carbons (Fsp3) is 0.588. The lowest BCUT2D eigenvalue weighted by atomic mass is 10.0. The number of aldehydes is 1. The summed E-state index contributed by atoms with van der Waals surface area (Å²) < 4.78 is 0. The largest absolute Gasteiger partial charge is 0.369 e. The van der Waals surface area contributed by atoms with Crippen molar-refractivity contribution < 1.29 is 4.79 Å². The second-order valence-corrected chi connectivity index (χ2v) is 5.89. The Balaban J connectivity index is 2.11. The molecule has 1 aromatic rings. The molecule has 1 heterocycles. The van der Waals surface area contributed by atoms with Crippen molar-refractivity contribution in [1.29, 1.82) is 0 Å². The van der Waals surface area contributed by atoms with Crippen LogP contribution in [-0.4, -0.2) is 43.4 Å². The molecule has 0 aromatic heterocycles. The Kier molecular flexibility index (Phi) is 4.81. The van der Waals surface area contributed by atoms with E-state index in [0.29, 0.717) is 6.04 Å². The molecule has 3 heteroatoms. The minimum atomic E-state index is 0.678. The van der Waals surface area contributed by atoms with Crippen LogP contribution in [0.2, 0.25) is 0 Å².